The predicted molar refractivity (Wildman–Crippen MR) is 101 cm³/mol. The van der Waals surface area contributed by atoms with Crippen molar-refractivity contribution in [2.24, 2.45) is 0 Å². The Labute approximate surface area is 146 Å². The monoisotopic (exact) mass is 327 g/mol. The number of rotatable bonds is 9. The molecule has 3 nitrogen and oxygen atoms in total. The maximum atomic E-state index is 6.04. The molecule has 0 saturated carbocycles. The van der Waals surface area contributed by atoms with E-state index in [0.29, 0.717) is 0 Å². The number of nitrogens with one attached hydrogen (secondary N) is 1. The molecule has 2 aromatic carbocycles. The molecule has 0 fully saturated rings. The van der Waals surface area contributed by atoms with E-state index in [1.807, 2.05) is 24.3 Å². The summed E-state index contributed by atoms with van der Waals surface area (Å²) in [5.74, 6) is 1.84. The molecule has 0 bridgehead atoms. The second kappa shape index (κ2) is 9.21. The van der Waals surface area contributed by atoms with Crippen LogP contribution in [0.2, 0.25) is 0 Å². The topological polar surface area (TPSA) is 30.5 Å². The first kappa shape index (κ1) is 18.2. The summed E-state index contributed by atoms with van der Waals surface area (Å²) in [6.45, 7) is 9.21. The highest BCUT2D eigenvalue weighted by molar-refractivity contribution is 5.46. The van der Waals surface area contributed by atoms with Crippen molar-refractivity contribution in [3.63, 3.8) is 0 Å². The van der Waals surface area contributed by atoms with Gasteiger partial charge in [0, 0.05) is 5.69 Å². The SMILES string of the molecule is CC[C@@H](CNc1ccc(O[C@H](C)CC)cc1)Oc1ccc(C)cc1. The van der Waals surface area contributed by atoms with Gasteiger partial charge in [0.1, 0.15) is 17.6 Å². The molecule has 0 aliphatic heterocycles. The van der Waals surface area contributed by atoms with Crippen molar-refractivity contribution in [3.8, 4) is 11.5 Å². The zero-order valence-electron chi connectivity index (χ0n) is 15.2. The number of anilines is 1. The van der Waals surface area contributed by atoms with E-state index in [9.17, 15) is 0 Å². The van der Waals surface area contributed by atoms with Gasteiger partial charge in [-0.25, -0.2) is 0 Å². The van der Waals surface area contributed by atoms with E-state index < -0.39 is 0 Å². The summed E-state index contributed by atoms with van der Waals surface area (Å²) < 4.78 is 11.8. The highest BCUT2D eigenvalue weighted by atomic mass is 16.5. The van der Waals surface area contributed by atoms with Gasteiger partial charge in [-0.05, 0) is 63.1 Å². The van der Waals surface area contributed by atoms with Crippen molar-refractivity contribution in [3.05, 3.63) is 54.1 Å². The minimum atomic E-state index is 0.142. The van der Waals surface area contributed by atoms with Crippen LogP contribution in [0.25, 0.3) is 0 Å². The first-order valence-electron chi connectivity index (χ1n) is 8.84. The highest BCUT2D eigenvalue weighted by Crippen LogP contribution is 2.19. The van der Waals surface area contributed by atoms with Crippen molar-refractivity contribution in [1.82, 2.24) is 0 Å². The molecular formula is C21H29NO2. The first-order valence-corrected chi connectivity index (χ1v) is 8.84. The third kappa shape index (κ3) is 5.80. The van der Waals surface area contributed by atoms with E-state index >= 15 is 0 Å². The summed E-state index contributed by atoms with van der Waals surface area (Å²) in [4.78, 5) is 0. The molecule has 0 unspecified atom stereocenters. The maximum Gasteiger partial charge on any atom is 0.119 e. The van der Waals surface area contributed by atoms with Crippen molar-refractivity contribution >= 4 is 5.69 Å². The average molecular weight is 327 g/mol. The Balaban J connectivity index is 1.85. The second-order valence-electron chi connectivity index (χ2n) is 6.20. The zero-order chi connectivity index (χ0) is 17.4. The van der Waals surface area contributed by atoms with Crippen LogP contribution in [-0.2, 0) is 0 Å². The van der Waals surface area contributed by atoms with Crippen LogP contribution < -0.4 is 14.8 Å². The number of ether oxygens (including phenoxy) is 2. The molecule has 0 aliphatic carbocycles. The van der Waals surface area contributed by atoms with Gasteiger partial charge in [0.05, 0.1) is 12.6 Å². The molecule has 0 amide bonds. The van der Waals surface area contributed by atoms with Gasteiger partial charge in [-0.2, -0.15) is 0 Å². The Bertz CT molecular complexity index is 592. The Hall–Kier alpha value is -2.16. The van der Waals surface area contributed by atoms with E-state index in [1.165, 1.54) is 5.56 Å². The molecule has 0 radical (unpaired) electrons. The quantitative estimate of drug-likeness (QED) is 0.665. The Morgan fingerprint density at radius 1 is 0.833 bits per heavy atom. The molecule has 2 aromatic rings. The zero-order valence-corrected chi connectivity index (χ0v) is 15.2. The summed E-state index contributed by atoms with van der Waals surface area (Å²) in [7, 11) is 0. The van der Waals surface area contributed by atoms with Crippen LogP contribution in [0, 0.1) is 6.92 Å². The number of benzene rings is 2. The van der Waals surface area contributed by atoms with Crippen molar-refractivity contribution in [1.29, 1.82) is 0 Å². The third-order valence-corrected chi connectivity index (χ3v) is 4.08. The molecule has 130 valence electrons. The Morgan fingerprint density at radius 3 is 2.00 bits per heavy atom. The average Bonchev–Trinajstić information content (AvgIpc) is 2.61. The molecule has 2 atom stereocenters. The Kier molecular flexibility index (Phi) is 6.98. The van der Waals surface area contributed by atoms with Crippen molar-refractivity contribution in [2.75, 3.05) is 11.9 Å². The largest absolute Gasteiger partial charge is 0.491 e. The van der Waals surface area contributed by atoms with Crippen LogP contribution in [-0.4, -0.2) is 18.8 Å². The summed E-state index contributed by atoms with van der Waals surface area (Å²) >= 11 is 0. The summed E-state index contributed by atoms with van der Waals surface area (Å²) in [6, 6.07) is 16.3. The van der Waals surface area contributed by atoms with Gasteiger partial charge in [0.25, 0.3) is 0 Å². The maximum absolute atomic E-state index is 6.04. The van der Waals surface area contributed by atoms with Crippen LogP contribution >= 0.6 is 0 Å². The Morgan fingerprint density at radius 2 is 1.42 bits per heavy atom. The van der Waals surface area contributed by atoms with E-state index in [-0.39, 0.29) is 12.2 Å². The highest BCUT2D eigenvalue weighted by Gasteiger charge is 2.08. The molecule has 0 aliphatic rings. The lowest BCUT2D eigenvalue weighted by Crippen LogP contribution is -2.25. The van der Waals surface area contributed by atoms with Gasteiger partial charge in [-0.3, -0.25) is 0 Å². The number of aryl methyl sites for hydroxylation is 1. The molecule has 2 rings (SSSR count). The van der Waals surface area contributed by atoms with Crippen LogP contribution in [0.1, 0.15) is 39.2 Å². The summed E-state index contributed by atoms with van der Waals surface area (Å²) in [5.41, 5.74) is 2.32. The molecule has 0 spiro atoms. The normalized spacial score (nSPS) is 13.2. The van der Waals surface area contributed by atoms with Crippen molar-refractivity contribution in [2.45, 2.75) is 52.7 Å². The first-order chi connectivity index (χ1) is 11.6. The fourth-order valence-corrected chi connectivity index (χ4v) is 2.28. The van der Waals surface area contributed by atoms with E-state index in [4.69, 9.17) is 9.47 Å². The fourth-order valence-electron chi connectivity index (χ4n) is 2.28. The van der Waals surface area contributed by atoms with Gasteiger partial charge in [0.15, 0.2) is 0 Å². The van der Waals surface area contributed by atoms with Gasteiger partial charge < -0.3 is 14.8 Å². The molecule has 0 heterocycles. The van der Waals surface area contributed by atoms with Gasteiger partial charge in [-0.15, -0.1) is 0 Å². The third-order valence-electron chi connectivity index (χ3n) is 4.08. The lowest BCUT2D eigenvalue weighted by molar-refractivity contribution is 0.210. The van der Waals surface area contributed by atoms with E-state index in [2.05, 4.69) is 57.3 Å². The molecule has 1 N–H and O–H groups in total. The molecular weight excluding hydrogens is 298 g/mol. The number of hydrogen-bond acceptors (Lipinski definition) is 3. The number of hydrogen-bond donors (Lipinski definition) is 1. The summed E-state index contributed by atoms with van der Waals surface area (Å²) in [6.07, 6.45) is 2.35. The minimum absolute atomic E-state index is 0.142. The molecule has 0 saturated heterocycles. The van der Waals surface area contributed by atoms with E-state index in [1.54, 1.807) is 0 Å². The van der Waals surface area contributed by atoms with E-state index in [0.717, 1.165) is 36.6 Å². The predicted octanol–water partition coefficient (Wildman–Crippen LogP) is 5.44. The lowest BCUT2D eigenvalue weighted by Gasteiger charge is -2.19. The van der Waals surface area contributed by atoms with Crippen LogP contribution in [0.15, 0.2) is 48.5 Å². The van der Waals surface area contributed by atoms with Gasteiger partial charge >= 0.3 is 0 Å². The lowest BCUT2D eigenvalue weighted by atomic mass is 10.2. The van der Waals surface area contributed by atoms with Crippen LogP contribution in [0.5, 0.6) is 11.5 Å². The molecule has 24 heavy (non-hydrogen) atoms. The standard InChI is InChI=1S/C21H29NO2/c1-5-17(4)23-20-13-9-18(10-14-20)22-15-19(6-2)24-21-11-7-16(3)8-12-21/h7-14,17,19,22H,5-6,15H2,1-4H3/t17-,19+/m1/s1. The summed E-state index contributed by atoms with van der Waals surface area (Å²) in [5, 5.41) is 3.44. The van der Waals surface area contributed by atoms with Crippen molar-refractivity contribution < 1.29 is 9.47 Å². The smallest absolute Gasteiger partial charge is 0.119 e. The minimum Gasteiger partial charge on any atom is -0.491 e. The fraction of sp³-hybridized carbons (Fsp3) is 0.429. The second-order valence-corrected chi connectivity index (χ2v) is 6.20. The molecule has 3 heteroatoms. The van der Waals surface area contributed by atoms with Gasteiger partial charge in [0.2, 0.25) is 0 Å². The van der Waals surface area contributed by atoms with Crippen LogP contribution in [0.4, 0.5) is 5.69 Å². The van der Waals surface area contributed by atoms with Gasteiger partial charge in [-0.1, -0.05) is 31.5 Å². The molecule has 0 aromatic heterocycles. The van der Waals surface area contributed by atoms with Crippen LogP contribution in [0.3, 0.4) is 0 Å².